The highest BCUT2D eigenvalue weighted by atomic mass is 16.5. The number of benzene rings is 2. The van der Waals surface area contributed by atoms with Crippen molar-refractivity contribution < 1.29 is 19.5 Å². The average molecular weight is 421 g/mol. The molecule has 1 aliphatic rings. The van der Waals surface area contributed by atoms with Crippen molar-refractivity contribution in [1.29, 1.82) is 0 Å². The number of nitrogens with two attached hydrogens (primary N) is 1. The van der Waals surface area contributed by atoms with E-state index in [0.29, 0.717) is 31.6 Å². The number of amides is 1. The number of ether oxygens (including phenoxy) is 1. The van der Waals surface area contributed by atoms with Gasteiger partial charge < -0.3 is 10.5 Å². The van der Waals surface area contributed by atoms with Crippen molar-refractivity contribution in [3.05, 3.63) is 70.8 Å². The molecule has 0 aromatic heterocycles. The largest absolute Gasteiger partial charge is 0.377 e. The van der Waals surface area contributed by atoms with Crippen LogP contribution in [0.4, 0.5) is 0 Å². The van der Waals surface area contributed by atoms with Gasteiger partial charge in [-0.15, -0.1) is 0 Å². The summed E-state index contributed by atoms with van der Waals surface area (Å²) in [4.78, 5) is 24.3. The van der Waals surface area contributed by atoms with E-state index in [2.05, 4.69) is 17.2 Å². The number of hydroxylamine groups is 1. The second kappa shape index (κ2) is 10.3. The van der Waals surface area contributed by atoms with Gasteiger partial charge in [-0.3, -0.25) is 20.1 Å². The summed E-state index contributed by atoms with van der Waals surface area (Å²) in [6, 6.07) is 14.1. The summed E-state index contributed by atoms with van der Waals surface area (Å²) in [5, 5.41) is 11.8. The lowest BCUT2D eigenvalue weighted by atomic mass is 10.0. The van der Waals surface area contributed by atoms with E-state index in [1.54, 1.807) is 29.7 Å². The third-order valence-electron chi connectivity index (χ3n) is 5.23. The van der Waals surface area contributed by atoms with E-state index >= 15 is 0 Å². The Bertz CT molecular complexity index is 971. The SMILES string of the molecule is CCOCc1ccc(C#Cc2ccc(C(=O)CN[C@H](C(=O)NO)C3(N)CC3)cc2)cc1. The van der Waals surface area contributed by atoms with Crippen LogP contribution in [-0.4, -0.2) is 41.6 Å². The van der Waals surface area contributed by atoms with Crippen LogP contribution in [0.3, 0.4) is 0 Å². The molecule has 31 heavy (non-hydrogen) atoms. The normalized spacial score (nSPS) is 14.8. The van der Waals surface area contributed by atoms with Crippen LogP contribution in [0.25, 0.3) is 0 Å². The molecular weight excluding hydrogens is 394 g/mol. The average Bonchev–Trinajstić information content (AvgIpc) is 3.54. The number of carbonyl (C=O) groups is 2. The number of carbonyl (C=O) groups excluding carboxylic acids is 2. The quantitative estimate of drug-likeness (QED) is 0.212. The van der Waals surface area contributed by atoms with Crippen LogP contribution in [0.5, 0.6) is 0 Å². The van der Waals surface area contributed by atoms with Crippen LogP contribution in [-0.2, 0) is 16.1 Å². The minimum Gasteiger partial charge on any atom is -0.377 e. The highest BCUT2D eigenvalue weighted by molar-refractivity contribution is 5.98. The molecule has 1 saturated carbocycles. The monoisotopic (exact) mass is 421 g/mol. The van der Waals surface area contributed by atoms with E-state index in [1.165, 1.54) is 0 Å². The number of ketones is 1. The van der Waals surface area contributed by atoms with Crippen LogP contribution in [0.1, 0.15) is 46.8 Å². The van der Waals surface area contributed by atoms with Crippen LogP contribution in [0, 0.1) is 11.8 Å². The Morgan fingerprint density at radius 2 is 1.68 bits per heavy atom. The Balaban J connectivity index is 1.57. The topological polar surface area (TPSA) is 114 Å². The lowest BCUT2D eigenvalue weighted by Gasteiger charge is -2.22. The molecule has 0 spiro atoms. The lowest BCUT2D eigenvalue weighted by Crippen LogP contribution is -2.56. The van der Waals surface area contributed by atoms with Crippen molar-refractivity contribution in [2.75, 3.05) is 13.2 Å². The van der Waals surface area contributed by atoms with Gasteiger partial charge in [-0.25, -0.2) is 5.48 Å². The molecule has 1 fully saturated rings. The molecule has 0 unspecified atom stereocenters. The molecule has 2 aromatic carbocycles. The van der Waals surface area contributed by atoms with Crippen LogP contribution in [0.2, 0.25) is 0 Å². The molecule has 2 aromatic rings. The fraction of sp³-hybridized carbons (Fsp3) is 0.333. The second-order valence-electron chi connectivity index (χ2n) is 7.61. The third-order valence-corrected chi connectivity index (χ3v) is 5.23. The number of hydrogen-bond acceptors (Lipinski definition) is 6. The van der Waals surface area contributed by atoms with Crippen molar-refractivity contribution in [2.45, 2.75) is 38.0 Å². The number of hydrogen-bond donors (Lipinski definition) is 4. The number of nitrogens with one attached hydrogen (secondary N) is 2. The molecular formula is C24H27N3O4. The van der Waals surface area contributed by atoms with E-state index in [0.717, 1.165) is 16.7 Å². The first-order chi connectivity index (χ1) is 14.9. The van der Waals surface area contributed by atoms with Crippen molar-refractivity contribution in [3.63, 3.8) is 0 Å². The summed E-state index contributed by atoms with van der Waals surface area (Å²) in [7, 11) is 0. The highest BCUT2D eigenvalue weighted by Crippen LogP contribution is 2.35. The Labute approximate surface area is 181 Å². The summed E-state index contributed by atoms with van der Waals surface area (Å²) < 4.78 is 5.38. The maximum absolute atomic E-state index is 12.5. The van der Waals surface area contributed by atoms with Gasteiger partial charge in [-0.2, -0.15) is 0 Å². The molecule has 7 nitrogen and oxygen atoms in total. The van der Waals surface area contributed by atoms with Crippen molar-refractivity contribution in [2.24, 2.45) is 5.73 Å². The van der Waals surface area contributed by atoms with Crippen molar-refractivity contribution in [1.82, 2.24) is 10.8 Å². The lowest BCUT2D eigenvalue weighted by molar-refractivity contribution is -0.132. The first kappa shape index (κ1) is 22.7. The fourth-order valence-electron chi connectivity index (χ4n) is 3.14. The number of Topliss-reactive ketones (excluding diaryl/α,β-unsaturated/α-hetero) is 1. The third kappa shape index (κ3) is 6.23. The second-order valence-corrected chi connectivity index (χ2v) is 7.61. The Hall–Kier alpha value is -3.02. The predicted molar refractivity (Wildman–Crippen MR) is 116 cm³/mol. The van der Waals surface area contributed by atoms with E-state index < -0.39 is 17.5 Å². The first-order valence-electron chi connectivity index (χ1n) is 10.2. The molecule has 0 heterocycles. The van der Waals surface area contributed by atoms with Gasteiger partial charge in [0.05, 0.1) is 13.2 Å². The smallest absolute Gasteiger partial charge is 0.262 e. The Kier molecular flexibility index (Phi) is 7.55. The maximum Gasteiger partial charge on any atom is 0.262 e. The zero-order chi connectivity index (χ0) is 22.3. The zero-order valence-electron chi connectivity index (χ0n) is 17.5. The minimum absolute atomic E-state index is 0.0594. The molecule has 7 heteroatoms. The molecule has 0 radical (unpaired) electrons. The minimum atomic E-state index is -0.813. The summed E-state index contributed by atoms with van der Waals surface area (Å²) in [6.45, 7) is 3.18. The fourth-order valence-corrected chi connectivity index (χ4v) is 3.14. The van der Waals surface area contributed by atoms with E-state index in [1.807, 2.05) is 31.2 Å². The molecule has 1 atom stereocenters. The van der Waals surface area contributed by atoms with Crippen LogP contribution < -0.4 is 16.5 Å². The van der Waals surface area contributed by atoms with E-state index in [9.17, 15) is 9.59 Å². The molecule has 162 valence electrons. The molecule has 3 rings (SSSR count). The van der Waals surface area contributed by atoms with Crippen LogP contribution in [0.15, 0.2) is 48.5 Å². The summed E-state index contributed by atoms with van der Waals surface area (Å²) in [5.41, 5.74) is 10.2. The van der Waals surface area contributed by atoms with E-state index in [-0.39, 0.29) is 12.3 Å². The van der Waals surface area contributed by atoms with Gasteiger partial charge in [0.15, 0.2) is 5.78 Å². The molecule has 5 N–H and O–H groups in total. The molecule has 0 bridgehead atoms. The van der Waals surface area contributed by atoms with Gasteiger partial charge in [0.2, 0.25) is 0 Å². The van der Waals surface area contributed by atoms with Gasteiger partial charge in [0, 0.05) is 28.8 Å². The summed E-state index contributed by atoms with van der Waals surface area (Å²) in [6.07, 6.45) is 1.32. The standard InChI is InChI=1S/C24H27N3O4/c1-2-31-16-19-7-5-17(6-8-19)3-4-18-9-11-20(12-10-18)21(28)15-26-22(23(29)27-30)24(25)13-14-24/h5-12,22,26,30H,2,13-16,25H2,1H3,(H,27,29)/t22-/m1/s1. The Morgan fingerprint density at radius 3 is 2.19 bits per heavy atom. The number of rotatable bonds is 9. The summed E-state index contributed by atoms with van der Waals surface area (Å²) >= 11 is 0. The molecule has 1 amide bonds. The van der Waals surface area contributed by atoms with Gasteiger partial charge in [-0.05, 0) is 49.6 Å². The maximum atomic E-state index is 12.5. The zero-order valence-corrected chi connectivity index (χ0v) is 17.5. The van der Waals surface area contributed by atoms with Gasteiger partial charge in [0.25, 0.3) is 5.91 Å². The van der Waals surface area contributed by atoms with Gasteiger partial charge in [0.1, 0.15) is 6.04 Å². The molecule has 0 aliphatic heterocycles. The molecule has 0 saturated heterocycles. The van der Waals surface area contributed by atoms with Gasteiger partial charge in [-0.1, -0.05) is 36.1 Å². The van der Waals surface area contributed by atoms with Crippen LogP contribution >= 0.6 is 0 Å². The van der Waals surface area contributed by atoms with Crippen molar-refractivity contribution in [3.8, 4) is 11.8 Å². The van der Waals surface area contributed by atoms with E-state index in [4.69, 9.17) is 15.7 Å². The Morgan fingerprint density at radius 1 is 1.10 bits per heavy atom. The molecule has 1 aliphatic carbocycles. The predicted octanol–water partition coefficient (Wildman–Crippen LogP) is 1.76. The van der Waals surface area contributed by atoms with Gasteiger partial charge >= 0.3 is 0 Å². The van der Waals surface area contributed by atoms with Crippen molar-refractivity contribution >= 4 is 11.7 Å². The summed E-state index contributed by atoms with van der Waals surface area (Å²) in [5.74, 6) is 5.38. The first-order valence-corrected chi connectivity index (χ1v) is 10.2. The highest BCUT2D eigenvalue weighted by Gasteiger charge is 2.49.